The molecule has 0 radical (unpaired) electrons. The van der Waals surface area contributed by atoms with E-state index in [0.29, 0.717) is 26.0 Å². The summed E-state index contributed by atoms with van der Waals surface area (Å²) in [5, 5.41) is 5.50. The maximum absolute atomic E-state index is 12.6. The zero-order chi connectivity index (χ0) is 17.9. The summed E-state index contributed by atoms with van der Waals surface area (Å²) in [4.78, 5) is 38.2. The molecule has 0 bridgehead atoms. The van der Waals surface area contributed by atoms with Gasteiger partial charge in [0.05, 0.1) is 6.54 Å². The Bertz CT molecular complexity index is 656. The average molecular weight is 345 g/mol. The van der Waals surface area contributed by atoms with Crippen molar-refractivity contribution in [2.75, 3.05) is 13.2 Å². The van der Waals surface area contributed by atoms with Crippen molar-refractivity contribution < 1.29 is 19.1 Å². The Kier molecular flexibility index (Phi) is 4.92. The first-order valence-corrected chi connectivity index (χ1v) is 8.65. The summed E-state index contributed by atoms with van der Waals surface area (Å²) in [5.41, 5.74) is -0.790. The number of nitrogens with zero attached hydrogens (tertiary/aromatic N) is 1. The summed E-state index contributed by atoms with van der Waals surface area (Å²) in [6.07, 6.45) is 3.12. The maximum Gasteiger partial charge on any atom is 0.325 e. The molecule has 25 heavy (non-hydrogen) atoms. The quantitative estimate of drug-likeness (QED) is 0.603. The van der Waals surface area contributed by atoms with Gasteiger partial charge >= 0.3 is 6.03 Å². The van der Waals surface area contributed by atoms with Crippen LogP contribution in [0.15, 0.2) is 30.3 Å². The largest absolute Gasteiger partial charge is 0.492 e. The molecule has 4 amide bonds. The molecule has 7 nitrogen and oxygen atoms in total. The van der Waals surface area contributed by atoms with Crippen LogP contribution < -0.4 is 15.4 Å². The van der Waals surface area contributed by atoms with E-state index >= 15 is 0 Å². The standard InChI is InChI=1S/C18H23N3O4/c1-13(15(22)19-11-12-25-14-7-3-2-4-8-14)21-16(23)18(20-17(21)24)9-5-6-10-18/h2-4,7-8,13H,5-6,9-12H2,1H3,(H,19,22)(H,20,24)/t13-/m1/s1. The SMILES string of the molecule is C[C@H](C(=O)NCCOc1ccccc1)N1C(=O)NC2(CCCC2)C1=O. The van der Waals surface area contributed by atoms with Crippen LogP contribution in [-0.2, 0) is 9.59 Å². The number of benzene rings is 1. The number of hydrogen-bond donors (Lipinski definition) is 2. The predicted octanol–water partition coefficient (Wildman–Crippen LogP) is 1.43. The highest BCUT2D eigenvalue weighted by molar-refractivity contribution is 6.09. The molecule has 2 aliphatic rings. The molecule has 1 saturated heterocycles. The highest BCUT2D eigenvalue weighted by Crippen LogP contribution is 2.35. The Morgan fingerprint density at radius 3 is 2.64 bits per heavy atom. The van der Waals surface area contributed by atoms with E-state index in [1.807, 2.05) is 30.3 Å². The highest BCUT2D eigenvalue weighted by Gasteiger charge is 2.54. The molecule has 1 heterocycles. The first-order chi connectivity index (χ1) is 12.0. The van der Waals surface area contributed by atoms with Gasteiger partial charge in [-0.3, -0.25) is 9.59 Å². The minimum absolute atomic E-state index is 0.279. The fraction of sp³-hybridized carbons (Fsp3) is 0.500. The zero-order valence-electron chi connectivity index (χ0n) is 14.3. The van der Waals surface area contributed by atoms with E-state index < -0.39 is 17.6 Å². The molecule has 1 aliphatic heterocycles. The number of para-hydroxylation sites is 1. The monoisotopic (exact) mass is 345 g/mol. The van der Waals surface area contributed by atoms with E-state index in [1.165, 1.54) is 0 Å². The lowest BCUT2D eigenvalue weighted by Gasteiger charge is -2.23. The summed E-state index contributed by atoms with van der Waals surface area (Å²) in [6, 6.07) is 7.97. The second-order valence-corrected chi connectivity index (χ2v) is 6.52. The molecule has 0 aromatic heterocycles. The topological polar surface area (TPSA) is 87.7 Å². The molecule has 1 atom stereocenters. The molecular weight excluding hydrogens is 322 g/mol. The number of ether oxygens (including phenoxy) is 1. The molecule has 1 aromatic rings. The molecule has 1 spiro atoms. The van der Waals surface area contributed by atoms with Crippen LogP contribution in [-0.4, -0.2) is 47.5 Å². The van der Waals surface area contributed by atoms with Crippen LogP contribution >= 0.6 is 0 Å². The van der Waals surface area contributed by atoms with Crippen molar-refractivity contribution in [3.63, 3.8) is 0 Å². The van der Waals surface area contributed by atoms with Crippen molar-refractivity contribution in [2.24, 2.45) is 0 Å². The highest BCUT2D eigenvalue weighted by atomic mass is 16.5. The Labute approximate surface area is 146 Å². The lowest BCUT2D eigenvalue weighted by Crippen LogP contribution is -2.50. The van der Waals surface area contributed by atoms with Crippen LogP contribution in [0.25, 0.3) is 0 Å². The lowest BCUT2D eigenvalue weighted by atomic mass is 9.97. The summed E-state index contributed by atoms with van der Waals surface area (Å²) >= 11 is 0. The van der Waals surface area contributed by atoms with Gasteiger partial charge in [0.2, 0.25) is 5.91 Å². The normalized spacial score (nSPS) is 19.8. The van der Waals surface area contributed by atoms with E-state index in [4.69, 9.17) is 4.74 Å². The van der Waals surface area contributed by atoms with Gasteiger partial charge in [-0.1, -0.05) is 31.0 Å². The molecule has 2 N–H and O–H groups in total. The fourth-order valence-corrected chi connectivity index (χ4v) is 3.44. The van der Waals surface area contributed by atoms with Crippen molar-refractivity contribution in [2.45, 2.75) is 44.2 Å². The van der Waals surface area contributed by atoms with Gasteiger partial charge in [0, 0.05) is 0 Å². The number of urea groups is 1. The molecule has 2 fully saturated rings. The van der Waals surface area contributed by atoms with Gasteiger partial charge < -0.3 is 15.4 Å². The molecule has 1 aromatic carbocycles. The van der Waals surface area contributed by atoms with E-state index in [2.05, 4.69) is 10.6 Å². The second-order valence-electron chi connectivity index (χ2n) is 6.52. The maximum atomic E-state index is 12.6. The smallest absolute Gasteiger partial charge is 0.325 e. The Morgan fingerprint density at radius 1 is 1.28 bits per heavy atom. The average Bonchev–Trinajstić information content (AvgIpc) is 3.17. The predicted molar refractivity (Wildman–Crippen MR) is 91.0 cm³/mol. The molecule has 3 rings (SSSR count). The van der Waals surface area contributed by atoms with Crippen molar-refractivity contribution >= 4 is 17.8 Å². The van der Waals surface area contributed by atoms with Crippen molar-refractivity contribution in [1.82, 2.24) is 15.5 Å². The number of carbonyl (C=O) groups is 3. The third-order valence-corrected chi connectivity index (χ3v) is 4.83. The van der Waals surface area contributed by atoms with Gasteiger partial charge in [-0.25, -0.2) is 9.69 Å². The Hall–Kier alpha value is -2.57. The third-order valence-electron chi connectivity index (χ3n) is 4.83. The number of amides is 4. The molecule has 134 valence electrons. The summed E-state index contributed by atoms with van der Waals surface area (Å²) in [7, 11) is 0. The first-order valence-electron chi connectivity index (χ1n) is 8.65. The van der Waals surface area contributed by atoms with Gasteiger partial charge in [0.1, 0.15) is 23.9 Å². The van der Waals surface area contributed by atoms with Gasteiger partial charge in [0.15, 0.2) is 0 Å². The summed E-state index contributed by atoms with van der Waals surface area (Å²) in [6.45, 7) is 2.18. The van der Waals surface area contributed by atoms with Crippen LogP contribution in [0.1, 0.15) is 32.6 Å². The van der Waals surface area contributed by atoms with Crippen molar-refractivity contribution in [3.8, 4) is 5.75 Å². The Balaban J connectivity index is 1.50. The molecule has 1 saturated carbocycles. The van der Waals surface area contributed by atoms with Gasteiger partial charge in [0.25, 0.3) is 5.91 Å². The van der Waals surface area contributed by atoms with Crippen molar-refractivity contribution in [3.05, 3.63) is 30.3 Å². The number of hydrogen-bond acceptors (Lipinski definition) is 4. The van der Waals surface area contributed by atoms with Gasteiger partial charge in [-0.2, -0.15) is 0 Å². The molecular formula is C18H23N3O4. The second kappa shape index (κ2) is 7.13. The number of carbonyl (C=O) groups excluding carboxylic acids is 3. The molecule has 0 unspecified atom stereocenters. The third kappa shape index (κ3) is 3.45. The molecule has 1 aliphatic carbocycles. The van der Waals surface area contributed by atoms with Gasteiger partial charge in [-0.05, 0) is 31.9 Å². The number of rotatable bonds is 6. The lowest BCUT2D eigenvalue weighted by molar-refractivity contribution is -0.137. The van der Waals surface area contributed by atoms with E-state index in [1.54, 1.807) is 6.92 Å². The van der Waals surface area contributed by atoms with Crippen LogP contribution in [0.2, 0.25) is 0 Å². The van der Waals surface area contributed by atoms with E-state index in [9.17, 15) is 14.4 Å². The number of nitrogens with one attached hydrogen (secondary N) is 2. The van der Waals surface area contributed by atoms with E-state index in [-0.39, 0.29) is 11.8 Å². The molecule has 7 heteroatoms. The van der Waals surface area contributed by atoms with Crippen LogP contribution in [0.3, 0.4) is 0 Å². The summed E-state index contributed by atoms with van der Waals surface area (Å²) < 4.78 is 5.51. The summed E-state index contributed by atoms with van der Waals surface area (Å²) in [5.74, 6) is 0.0791. The first kappa shape index (κ1) is 17.3. The minimum atomic E-state index is -0.843. The van der Waals surface area contributed by atoms with Crippen LogP contribution in [0.5, 0.6) is 5.75 Å². The van der Waals surface area contributed by atoms with Crippen LogP contribution in [0, 0.1) is 0 Å². The van der Waals surface area contributed by atoms with Crippen LogP contribution in [0.4, 0.5) is 4.79 Å². The van der Waals surface area contributed by atoms with Crippen molar-refractivity contribution in [1.29, 1.82) is 0 Å². The number of imide groups is 1. The minimum Gasteiger partial charge on any atom is -0.492 e. The fourth-order valence-electron chi connectivity index (χ4n) is 3.44. The Morgan fingerprint density at radius 2 is 1.96 bits per heavy atom. The van der Waals surface area contributed by atoms with E-state index in [0.717, 1.165) is 23.5 Å². The zero-order valence-corrected chi connectivity index (χ0v) is 14.3. The van der Waals surface area contributed by atoms with Gasteiger partial charge in [-0.15, -0.1) is 0 Å².